The topological polar surface area (TPSA) is 61.4 Å². The molecule has 0 N–H and O–H groups in total. The number of nitrogens with zero attached hydrogens (tertiary/aromatic N) is 6. The molecule has 3 aromatic heterocycles. The van der Waals surface area contributed by atoms with Gasteiger partial charge < -0.3 is 0 Å². The third-order valence-corrected chi connectivity index (χ3v) is 15.1. The maximum absolute atomic E-state index is 5.44. The molecular weight excluding hydrogens is 925 g/mol. The maximum atomic E-state index is 5.44. The summed E-state index contributed by atoms with van der Waals surface area (Å²) < 4.78 is 4.73. The molecule has 0 aliphatic rings. The molecule has 0 amide bonds. The SMILES string of the molecule is CC(C)c1ccc(C(C)C)c2c1nc(-c1ccc(-c3ccc(-c4nc5ccccc5nc4-c4ccc(-c5ccc(-c6nc7c(C(C)C)ccc(C(C)C)c7n6-c6ccccc6)cc5)cc4)cc3)cc1)n2-c1ccccc1. The van der Waals surface area contributed by atoms with Gasteiger partial charge in [0, 0.05) is 33.6 Å². The Morgan fingerprint density at radius 1 is 0.263 bits per heavy atom. The van der Waals surface area contributed by atoms with E-state index < -0.39 is 0 Å². The van der Waals surface area contributed by atoms with E-state index in [1.54, 1.807) is 0 Å². The molecular formula is C70H62N6. The zero-order chi connectivity index (χ0) is 52.2. The lowest BCUT2D eigenvalue weighted by Gasteiger charge is -2.16. The van der Waals surface area contributed by atoms with Gasteiger partial charge in [0.2, 0.25) is 0 Å². The molecule has 0 atom stereocenters. The van der Waals surface area contributed by atoms with Gasteiger partial charge in [-0.2, -0.15) is 0 Å². The van der Waals surface area contributed by atoms with Crippen molar-refractivity contribution in [2.24, 2.45) is 0 Å². The zero-order valence-corrected chi connectivity index (χ0v) is 44.6. The van der Waals surface area contributed by atoms with Crippen molar-refractivity contribution in [3.8, 4) is 78.9 Å². The largest absolute Gasteiger partial charge is 0.292 e. The van der Waals surface area contributed by atoms with Crippen LogP contribution >= 0.6 is 0 Å². The minimum absolute atomic E-state index is 0.344. The quantitative estimate of drug-likeness (QED) is 0.122. The number of para-hydroxylation sites is 4. The number of hydrogen-bond donors (Lipinski definition) is 0. The fourth-order valence-electron chi connectivity index (χ4n) is 11.0. The molecule has 0 saturated carbocycles. The second-order valence-corrected chi connectivity index (χ2v) is 21.4. The Morgan fingerprint density at radius 3 is 0.855 bits per heavy atom. The molecule has 0 radical (unpaired) electrons. The van der Waals surface area contributed by atoms with E-state index in [9.17, 15) is 0 Å². The smallest absolute Gasteiger partial charge is 0.145 e. The molecule has 6 nitrogen and oxygen atoms in total. The highest BCUT2D eigenvalue weighted by Gasteiger charge is 2.24. The molecule has 0 saturated heterocycles. The summed E-state index contributed by atoms with van der Waals surface area (Å²) in [5.41, 5.74) is 24.0. The molecule has 0 aliphatic heterocycles. The number of benzene rings is 9. The van der Waals surface area contributed by atoms with E-state index in [2.05, 4.69) is 247 Å². The highest BCUT2D eigenvalue weighted by atomic mass is 15.1. The Labute approximate surface area is 446 Å². The molecule has 0 fully saturated rings. The van der Waals surface area contributed by atoms with Crippen molar-refractivity contribution < 1.29 is 0 Å². The second-order valence-electron chi connectivity index (χ2n) is 21.4. The summed E-state index contributed by atoms with van der Waals surface area (Å²) in [5, 5.41) is 0. The third-order valence-electron chi connectivity index (χ3n) is 15.1. The summed E-state index contributed by atoms with van der Waals surface area (Å²) in [7, 11) is 0. The predicted octanol–water partition coefficient (Wildman–Crippen LogP) is 18.8. The molecule has 6 heteroatoms. The summed E-state index contributed by atoms with van der Waals surface area (Å²) in [4.78, 5) is 21.4. The zero-order valence-electron chi connectivity index (χ0n) is 44.6. The Balaban J connectivity index is 0.857. The van der Waals surface area contributed by atoms with E-state index in [0.717, 1.165) is 101 Å². The first-order valence-electron chi connectivity index (χ1n) is 26.9. The van der Waals surface area contributed by atoms with E-state index in [1.807, 2.05) is 24.3 Å². The predicted molar refractivity (Wildman–Crippen MR) is 318 cm³/mol. The molecule has 12 aromatic rings. The molecule has 3 heterocycles. The standard InChI is InChI=1S/C70H62N6/c1-43(2)57-39-41-59(45(5)6)67-65(57)73-69(75(67)55-17-11-9-12-18-55)53-35-27-49(28-36-53)47-23-31-51(32-24-47)63-64(72-62-22-16-15-21-61(62)71-63)52-33-25-48(26-34-52)50-29-37-54(38-30-50)70-74-66-58(44(3)4)40-42-60(46(7)8)68(66)76(70)56-19-13-10-14-20-56/h9-46H,1-8H3. The molecule has 0 aliphatic carbocycles. The Bertz CT molecular complexity index is 3780. The highest BCUT2D eigenvalue weighted by molar-refractivity contribution is 5.92. The van der Waals surface area contributed by atoms with Crippen LogP contribution in [0.15, 0.2) is 206 Å². The Hall–Kier alpha value is -8.74. The van der Waals surface area contributed by atoms with Crippen LogP contribution in [-0.4, -0.2) is 29.1 Å². The molecule has 0 spiro atoms. The average molecular weight is 987 g/mol. The van der Waals surface area contributed by atoms with Crippen LogP contribution in [0.3, 0.4) is 0 Å². The van der Waals surface area contributed by atoms with Gasteiger partial charge in [-0.1, -0.05) is 225 Å². The lowest BCUT2D eigenvalue weighted by molar-refractivity contribution is 0.854. The first-order valence-corrected chi connectivity index (χ1v) is 26.9. The van der Waals surface area contributed by atoms with Gasteiger partial charge in [-0.3, -0.25) is 9.13 Å². The summed E-state index contributed by atoms with van der Waals surface area (Å²) in [6.07, 6.45) is 0. The first-order chi connectivity index (χ1) is 37.0. The van der Waals surface area contributed by atoms with Crippen molar-refractivity contribution in [2.75, 3.05) is 0 Å². The van der Waals surface area contributed by atoms with Gasteiger partial charge in [0.1, 0.15) is 11.6 Å². The van der Waals surface area contributed by atoms with Crippen molar-refractivity contribution in [3.05, 3.63) is 229 Å². The van der Waals surface area contributed by atoms with E-state index >= 15 is 0 Å². The van der Waals surface area contributed by atoms with Crippen molar-refractivity contribution in [1.29, 1.82) is 0 Å². The summed E-state index contributed by atoms with van der Waals surface area (Å²) in [5.74, 6) is 3.27. The van der Waals surface area contributed by atoms with Crippen molar-refractivity contribution in [2.45, 2.75) is 79.1 Å². The molecule has 372 valence electrons. The van der Waals surface area contributed by atoms with Crippen LogP contribution in [-0.2, 0) is 0 Å². The van der Waals surface area contributed by atoms with E-state index in [0.29, 0.717) is 23.7 Å². The average Bonchev–Trinajstić information content (AvgIpc) is 4.06. The van der Waals surface area contributed by atoms with Gasteiger partial charge in [0.05, 0.1) is 44.5 Å². The molecule has 9 aromatic carbocycles. The minimum atomic E-state index is 0.344. The van der Waals surface area contributed by atoms with Crippen LogP contribution in [0.2, 0.25) is 0 Å². The second kappa shape index (κ2) is 19.8. The van der Waals surface area contributed by atoms with E-state index in [4.69, 9.17) is 19.9 Å². The van der Waals surface area contributed by atoms with Crippen LogP contribution < -0.4 is 0 Å². The van der Waals surface area contributed by atoms with Gasteiger partial charge >= 0.3 is 0 Å². The minimum Gasteiger partial charge on any atom is -0.292 e. The maximum Gasteiger partial charge on any atom is 0.145 e. The number of imidazole rings is 2. The van der Waals surface area contributed by atoms with Gasteiger partial charge in [0.15, 0.2) is 0 Å². The fraction of sp³-hybridized carbons (Fsp3) is 0.171. The van der Waals surface area contributed by atoms with Crippen LogP contribution in [0.5, 0.6) is 0 Å². The van der Waals surface area contributed by atoms with E-state index in [-0.39, 0.29) is 0 Å². The van der Waals surface area contributed by atoms with E-state index in [1.165, 1.54) is 33.3 Å². The van der Waals surface area contributed by atoms with Crippen LogP contribution in [0.4, 0.5) is 0 Å². The molecule has 0 bridgehead atoms. The van der Waals surface area contributed by atoms with Gasteiger partial charge in [-0.15, -0.1) is 0 Å². The summed E-state index contributed by atoms with van der Waals surface area (Å²) in [6, 6.07) is 73.8. The van der Waals surface area contributed by atoms with Crippen molar-refractivity contribution in [1.82, 2.24) is 29.1 Å². The molecule has 12 rings (SSSR count). The van der Waals surface area contributed by atoms with Gasteiger partial charge in [-0.05, 0) is 105 Å². The van der Waals surface area contributed by atoms with Gasteiger partial charge in [-0.25, -0.2) is 19.9 Å². The number of aromatic nitrogens is 6. The number of hydrogen-bond acceptors (Lipinski definition) is 4. The summed E-state index contributed by atoms with van der Waals surface area (Å²) in [6.45, 7) is 18.1. The first kappa shape index (κ1) is 48.2. The monoisotopic (exact) mass is 987 g/mol. The normalized spacial score (nSPS) is 11.9. The van der Waals surface area contributed by atoms with Gasteiger partial charge in [0.25, 0.3) is 0 Å². The summed E-state index contributed by atoms with van der Waals surface area (Å²) >= 11 is 0. The lowest BCUT2D eigenvalue weighted by atomic mass is 9.94. The number of rotatable bonds is 12. The van der Waals surface area contributed by atoms with Crippen LogP contribution in [0.1, 0.15) is 101 Å². The number of fused-ring (bicyclic) bond motifs is 3. The third kappa shape index (κ3) is 8.67. The molecule has 0 unspecified atom stereocenters. The Kier molecular flexibility index (Phi) is 12.6. The molecule has 76 heavy (non-hydrogen) atoms. The Morgan fingerprint density at radius 2 is 0.539 bits per heavy atom. The van der Waals surface area contributed by atoms with Crippen LogP contribution in [0, 0.1) is 0 Å². The van der Waals surface area contributed by atoms with Crippen LogP contribution in [0.25, 0.3) is 112 Å². The fourth-order valence-corrected chi connectivity index (χ4v) is 11.0. The highest BCUT2D eigenvalue weighted by Crippen LogP contribution is 2.41. The van der Waals surface area contributed by atoms with Crippen molar-refractivity contribution in [3.63, 3.8) is 0 Å². The van der Waals surface area contributed by atoms with Crippen molar-refractivity contribution >= 4 is 33.1 Å². The lowest BCUT2D eigenvalue weighted by Crippen LogP contribution is -2.01.